The Morgan fingerprint density at radius 3 is 2.51 bits per heavy atom. The predicted octanol–water partition coefficient (Wildman–Crippen LogP) is 5.65. The monoisotopic (exact) mass is 548 g/mol. The van der Waals surface area contributed by atoms with Gasteiger partial charge in [-0.3, -0.25) is 4.79 Å². The lowest BCUT2D eigenvalue weighted by molar-refractivity contribution is -0.275. The first-order chi connectivity index (χ1) is 16.5. The molecular formula is C23H18Cl2F4N2O3S. The molecule has 3 heterocycles. The highest BCUT2D eigenvalue weighted by atomic mass is 35.5. The fraction of sp³-hybridized carbons (Fsp3) is 0.391. The molecule has 5 rings (SSSR count). The van der Waals surface area contributed by atoms with E-state index in [0.717, 1.165) is 23.3 Å². The number of halogens is 6. The lowest BCUT2D eigenvalue weighted by Gasteiger charge is -2.47. The number of amides is 1. The summed E-state index contributed by atoms with van der Waals surface area (Å²) in [5.41, 5.74) is -1.63. The Kier molecular flexibility index (Phi) is 6.02. The van der Waals surface area contributed by atoms with Gasteiger partial charge in [0.05, 0.1) is 41.2 Å². The van der Waals surface area contributed by atoms with Gasteiger partial charge in [0.15, 0.2) is 5.82 Å². The van der Waals surface area contributed by atoms with Crippen molar-refractivity contribution in [3.63, 3.8) is 0 Å². The molecule has 12 heteroatoms. The second-order valence-electron chi connectivity index (χ2n) is 8.72. The molecule has 0 N–H and O–H groups in total. The highest BCUT2D eigenvalue weighted by Gasteiger charge is 2.62. The smallest absolute Gasteiger partial charge is 0.374 e. The number of carbonyl (C=O) groups is 1. The van der Waals surface area contributed by atoms with Crippen LogP contribution in [-0.2, 0) is 32.2 Å². The summed E-state index contributed by atoms with van der Waals surface area (Å²) in [5, 5.41) is 2.67. The number of ether oxygens (including phenoxy) is 1. The third-order valence-electron chi connectivity index (χ3n) is 6.58. The van der Waals surface area contributed by atoms with Crippen LogP contribution in [0.15, 0.2) is 35.5 Å². The van der Waals surface area contributed by atoms with E-state index in [0.29, 0.717) is 24.4 Å². The molecule has 5 nitrogen and oxygen atoms in total. The van der Waals surface area contributed by atoms with E-state index in [4.69, 9.17) is 32.8 Å². The van der Waals surface area contributed by atoms with Crippen molar-refractivity contribution in [2.75, 3.05) is 25.1 Å². The minimum atomic E-state index is -4.88. The van der Waals surface area contributed by atoms with E-state index >= 15 is 0 Å². The van der Waals surface area contributed by atoms with Gasteiger partial charge in [0.1, 0.15) is 5.60 Å². The van der Waals surface area contributed by atoms with Crippen molar-refractivity contribution >= 4 is 46.6 Å². The summed E-state index contributed by atoms with van der Waals surface area (Å²) in [5.74, 6) is -0.572. The zero-order chi connectivity index (χ0) is 25.2. The number of thioether (sulfide) groups is 1. The Morgan fingerprint density at radius 1 is 1.20 bits per heavy atom. The first-order valence-corrected chi connectivity index (χ1v) is 12.7. The van der Waals surface area contributed by atoms with E-state index in [9.17, 15) is 22.4 Å². The Balaban J connectivity index is 1.40. The quantitative estimate of drug-likeness (QED) is 0.366. The highest BCUT2D eigenvalue weighted by Crippen LogP contribution is 2.50. The lowest BCUT2D eigenvalue weighted by atomic mass is 9.83. The van der Waals surface area contributed by atoms with E-state index in [2.05, 4.69) is 5.16 Å². The number of oxime groups is 1. The minimum Gasteiger partial charge on any atom is -0.374 e. The predicted molar refractivity (Wildman–Crippen MR) is 124 cm³/mol. The van der Waals surface area contributed by atoms with Crippen LogP contribution in [0, 0.1) is 5.82 Å². The molecule has 1 fully saturated rings. The van der Waals surface area contributed by atoms with Crippen LogP contribution in [-0.4, -0.2) is 47.8 Å². The van der Waals surface area contributed by atoms with Gasteiger partial charge in [0, 0.05) is 12.0 Å². The normalized spacial score (nSPS) is 22.6. The van der Waals surface area contributed by atoms with Gasteiger partial charge in [-0.15, -0.1) is 0 Å². The van der Waals surface area contributed by atoms with Crippen molar-refractivity contribution in [1.82, 2.24) is 4.90 Å². The molecule has 3 aliphatic heterocycles. The third kappa shape index (κ3) is 3.89. The van der Waals surface area contributed by atoms with Gasteiger partial charge in [-0.1, -0.05) is 40.5 Å². The number of likely N-dealkylation sites (tertiary alicyclic amines) is 1. The first kappa shape index (κ1) is 24.7. The van der Waals surface area contributed by atoms with Gasteiger partial charge in [0.2, 0.25) is 5.91 Å². The molecule has 0 bridgehead atoms. The molecule has 0 saturated carbocycles. The fourth-order valence-electron chi connectivity index (χ4n) is 4.70. The van der Waals surface area contributed by atoms with Crippen LogP contribution < -0.4 is 0 Å². The molecule has 2 aromatic carbocycles. The number of hydrogen-bond acceptors (Lipinski definition) is 5. The van der Waals surface area contributed by atoms with Crippen LogP contribution in [0.5, 0.6) is 0 Å². The van der Waals surface area contributed by atoms with Crippen molar-refractivity contribution in [3.05, 3.63) is 68.4 Å². The zero-order valence-corrected chi connectivity index (χ0v) is 20.5. The Bertz CT molecular complexity index is 1230. The summed E-state index contributed by atoms with van der Waals surface area (Å²) in [4.78, 5) is 18.9. The maximum Gasteiger partial charge on any atom is 0.435 e. The molecule has 1 amide bonds. The summed E-state index contributed by atoms with van der Waals surface area (Å²) in [6, 6.07) is 6.91. The zero-order valence-electron chi connectivity index (χ0n) is 18.2. The van der Waals surface area contributed by atoms with Crippen LogP contribution in [0.25, 0.3) is 0 Å². The van der Waals surface area contributed by atoms with Gasteiger partial charge in [-0.2, -0.15) is 24.9 Å². The van der Waals surface area contributed by atoms with E-state index in [1.165, 1.54) is 11.8 Å². The van der Waals surface area contributed by atoms with Crippen LogP contribution in [0.4, 0.5) is 17.6 Å². The number of carbonyl (C=O) groups excluding carboxylic acids is 1. The van der Waals surface area contributed by atoms with Gasteiger partial charge in [-0.05, 0) is 41.1 Å². The first-order valence-electron chi connectivity index (χ1n) is 10.5. The van der Waals surface area contributed by atoms with Crippen molar-refractivity contribution in [2.45, 2.75) is 30.4 Å². The van der Waals surface area contributed by atoms with Crippen LogP contribution >= 0.6 is 35.0 Å². The van der Waals surface area contributed by atoms with Crippen LogP contribution in [0.3, 0.4) is 0 Å². The van der Waals surface area contributed by atoms with Gasteiger partial charge < -0.3 is 14.5 Å². The molecule has 0 unspecified atom stereocenters. The molecular weight excluding hydrogens is 531 g/mol. The summed E-state index contributed by atoms with van der Waals surface area (Å²) in [6.07, 6.45) is -3.67. The van der Waals surface area contributed by atoms with E-state index < -0.39 is 45.2 Å². The van der Waals surface area contributed by atoms with Gasteiger partial charge in [-0.25, -0.2) is 4.39 Å². The Morgan fingerprint density at radius 2 is 1.89 bits per heavy atom. The summed E-state index contributed by atoms with van der Waals surface area (Å²) in [6.45, 7) is 1.15. The number of nitrogens with zero attached hydrogens (tertiary/aromatic N) is 2. The molecule has 1 spiro atoms. The molecule has 186 valence electrons. The van der Waals surface area contributed by atoms with Gasteiger partial charge >= 0.3 is 6.18 Å². The number of hydrogen-bond donors (Lipinski definition) is 0. The number of benzene rings is 2. The topological polar surface area (TPSA) is 51.1 Å². The summed E-state index contributed by atoms with van der Waals surface area (Å²) < 4.78 is 62.6. The summed E-state index contributed by atoms with van der Waals surface area (Å²) in [7, 11) is 0. The highest BCUT2D eigenvalue weighted by molar-refractivity contribution is 7.99. The second kappa shape index (κ2) is 8.54. The second-order valence-corrected chi connectivity index (χ2v) is 10.4. The average molecular weight is 549 g/mol. The maximum atomic E-state index is 14.3. The molecule has 0 radical (unpaired) electrons. The molecule has 0 aliphatic carbocycles. The Hall–Kier alpha value is -2.01. The van der Waals surface area contributed by atoms with E-state index in [-0.39, 0.29) is 18.2 Å². The standard InChI is InChI=1S/C23H18Cl2F4N2O3S/c1-35-9-19(32)31-10-21(11-31)15-3-2-12(4-13(15)8-33-21)18-7-22(34-30-18,23(27,28)29)14-5-16(24)20(26)17(25)6-14/h2-6H,7-11H2,1H3/t22-/m1/s1. The van der Waals surface area contributed by atoms with Crippen molar-refractivity contribution in [2.24, 2.45) is 5.16 Å². The van der Waals surface area contributed by atoms with E-state index in [1.54, 1.807) is 23.1 Å². The molecule has 3 aliphatic rings. The average Bonchev–Trinajstić information content (AvgIpc) is 3.39. The SMILES string of the molecule is CSCC(=O)N1CC2(C1)OCc1cc(C3=NO[C@](c4cc(Cl)c(F)c(Cl)c4)(C(F)(F)F)C3)ccc12. The molecule has 0 aromatic heterocycles. The molecule has 35 heavy (non-hydrogen) atoms. The maximum absolute atomic E-state index is 14.3. The number of alkyl halides is 3. The number of rotatable bonds is 4. The molecule has 2 aromatic rings. The van der Waals surface area contributed by atoms with Crippen molar-refractivity contribution in [3.8, 4) is 0 Å². The van der Waals surface area contributed by atoms with Crippen LogP contribution in [0.1, 0.15) is 28.7 Å². The van der Waals surface area contributed by atoms with Gasteiger partial charge in [0.25, 0.3) is 5.60 Å². The van der Waals surface area contributed by atoms with Crippen molar-refractivity contribution in [1.29, 1.82) is 0 Å². The molecule has 1 saturated heterocycles. The summed E-state index contributed by atoms with van der Waals surface area (Å²) >= 11 is 13.0. The fourth-order valence-corrected chi connectivity index (χ4v) is 5.62. The van der Waals surface area contributed by atoms with E-state index in [1.807, 2.05) is 6.26 Å². The Labute approximate surface area is 212 Å². The van der Waals surface area contributed by atoms with Crippen molar-refractivity contribution < 1.29 is 31.9 Å². The third-order valence-corrected chi connectivity index (χ3v) is 7.67. The lowest BCUT2D eigenvalue weighted by Crippen LogP contribution is -2.61. The number of fused-ring (bicyclic) bond motifs is 2. The largest absolute Gasteiger partial charge is 0.435 e. The molecule has 1 atom stereocenters. The van der Waals surface area contributed by atoms with Crippen LogP contribution in [0.2, 0.25) is 10.0 Å². The minimum absolute atomic E-state index is 0.0405.